The zero-order valence-corrected chi connectivity index (χ0v) is 12.5. The maximum Gasteiger partial charge on any atom is 0.226 e. The molecule has 2 N–H and O–H groups in total. The minimum atomic E-state index is -0.782. The Morgan fingerprint density at radius 1 is 1.05 bits per heavy atom. The van der Waals surface area contributed by atoms with Crippen molar-refractivity contribution >= 4 is 17.3 Å². The molecule has 0 atom stereocenters. The smallest absolute Gasteiger partial charge is 0.226 e. The number of para-hydroxylation sites is 1. The van der Waals surface area contributed by atoms with Gasteiger partial charge in [0.25, 0.3) is 0 Å². The van der Waals surface area contributed by atoms with Crippen LogP contribution in [-0.2, 0) is 4.79 Å². The van der Waals surface area contributed by atoms with Gasteiger partial charge in [-0.25, -0.2) is 8.78 Å². The average molecular weight is 304 g/mol. The molecule has 2 rings (SSSR count). The van der Waals surface area contributed by atoms with Crippen molar-refractivity contribution in [2.75, 3.05) is 17.2 Å². The first-order valence-electron chi connectivity index (χ1n) is 7.02. The first kappa shape index (κ1) is 15.9. The fraction of sp³-hybridized carbons (Fsp3) is 0.235. The van der Waals surface area contributed by atoms with E-state index in [9.17, 15) is 13.6 Å². The zero-order valence-electron chi connectivity index (χ0n) is 12.5. The lowest BCUT2D eigenvalue weighted by atomic mass is 10.1. The molecule has 0 saturated heterocycles. The van der Waals surface area contributed by atoms with Crippen molar-refractivity contribution < 1.29 is 13.6 Å². The third-order valence-corrected chi connectivity index (χ3v) is 3.42. The molecule has 0 saturated carbocycles. The van der Waals surface area contributed by atoms with Crippen LogP contribution in [0.3, 0.4) is 0 Å². The number of hydrogen-bond donors (Lipinski definition) is 2. The van der Waals surface area contributed by atoms with Crippen molar-refractivity contribution in [1.29, 1.82) is 0 Å². The molecule has 0 unspecified atom stereocenters. The van der Waals surface area contributed by atoms with Gasteiger partial charge in [-0.15, -0.1) is 0 Å². The van der Waals surface area contributed by atoms with Crippen LogP contribution >= 0.6 is 0 Å². The van der Waals surface area contributed by atoms with E-state index in [1.54, 1.807) is 0 Å². The lowest BCUT2D eigenvalue weighted by molar-refractivity contribution is -0.116. The lowest BCUT2D eigenvalue weighted by Gasteiger charge is -2.10. The summed E-state index contributed by atoms with van der Waals surface area (Å²) in [5.74, 6) is -2.01. The van der Waals surface area contributed by atoms with Gasteiger partial charge in [0.1, 0.15) is 17.3 Å². The Balaban J connectivity index is 1.86. The molecule has 0 heterocycles. The summed E-state index contributed by atoms with van der Waals surface area (Å²) in [4.78, 5) is 11.7. The van der Waals surface area contributed by atoms with Crippen LogP contribution < -0.4 is 10.6 Å². The van der Waals surface area contributed by atoms with E-state index in [4.69, 9.17) is 0 Å². The fourth-order valence-electron chi connectivity index (χ4n) is 1.99. The summed E-state index contributed by atoms with van der Waals surface area (Å²) in [6.45, 7) is 4.41. The molecule has 1 amide bonds. The molecule has 0 aliphatic carbocycles. The minimum absolute atomic E-state index is 0.112. The molecule has 2 aromatic rings. The highest BCUT2D eigenvalue weighted by atomic mass is 19.1. The van der Waals surface area contributed by atoms with Crippen molar-refractivity contribution in [2.24, 2.45) is 0 Å². The van der Waals surface area contributed by atoms with Crippen LogP contribution in [0, 0.1) is 25.5 Å². The molecule has 116 valence electrons. The summed E-state index contributed by atoms with van der Waals surface area (Å²) >= 11 is 0. The van der Waals surface area contributed by atoms with E-state index >= 15 is 0 Å². The molecule has 0 aliphatic heterocycles. The van der Waals surface area contributed by atoms with Gasteiger partial charge < -0.3 is 10.6 Å². The fourth-order valence-corrected chi connectivity index (χ4v) is 1.99. The van der Waals surface area contributed by atoms with Crippen molar-refractivity contribution in [3.8, 4) is 0 Å². The van der Waals surface area contributed by atoms with Crippen molar-refractivity contribution in [1.82, 2.24) is 0 Å². The van der Waals surface area contributed by atoms with Gasteiger partial charge in [0.2, 0.25) is 5.91 Å². The molecule has 5 heteroatoms. The molecule has 0 fully saturated rings. The quantitative estimate of drug-likeness (QED) is 0.876. The highest BCUT2D eigenvalue weighted by molar-refractivity contribution is 5.91. The highest BCUT2D eigenvalue weighted by Crippen LogP contribution is 2.18. The van der Waals surface area contributed by atoms with E-state index in [1.165, 1.54) is 11.6 Å². The van der Waals surface area contributed by atoms with Crippen LogP contribution in [-0.4, -0.2) is 12.5 Å². The summed E-state index contributed by atoms with van der Waals surface area (Å²) in [5, 5.41) is 5.37. The number of amides is 1. The first-order valence-corrected chi connectivity index (χ1v) is 7.02. The van der Waals surface area contributed by atoms with Crippen molar-refractivity contribution in [3.63, 3.8) is 0 Å². The molecular weight excluding hydrogens is 286 g/mol. The molecule has 0 radical (unpaired) electrons. The van der Waals surface area contributed by atoms with Gasteiger partial charge >= 0.3 is 0 Å². The maximum atomic E-state index is 13.4. The van der Waals surface area contributed by atoms with E-state index in [-0.39, 0.29) is 6.42 Å². The van der Waals surface area contributed by atoms with Gasteiger partial charge in [0.15, 0.2) is 0 Å². The molecule has 3 nitrogen and oxygen atoms in total. The van der Waals surface area contributed by atoms with Gasteiger partial charge in [-0.05, 0) is 49.2 Å². The Morgan fingerprint density at radius 3 is 2.36 bits per heavy atom. The Bertz CT molecular complexity index is 666. The zero-order chi connectivity index (χ0) is 16.1. The Labute approximate surface area is 128 Å². The topological polar surface area (TPSA) is 41.1 Å². The third kappa shape index (κ3) is 4.04. The Morgan fingerprint density at radius 2 is 1.73 bits per heavy atom. The van der Waals surface area contributed by atoms with Crippen LogP contribution in [0.2, 0.25) is 0 Å². The van der Waals surface area contributed by atoms with Gasteiger partial charge in [0.05, 0.1) is 0 Å². The number of anilines is 2. The molecule has 22 heavy (non-hydrogen) atoms. The number of halogens is 2. The average Bonchev–Trinajstić information content (AvgIpc) is 2.47. The van der Waals surface area contributed by atoms with Gasteiger partial charge in [-0.2, -0.15) is 0 Å². The molecule has 0 aromatic heterocycles. The number of carbonyl (C=O) groups is 1. The van der Waals surface area contributed by atoms with E-state index in [0.717, 1.165) is 23.4 Å². The predicted molar refractivity (Wildman–Crippen MR) is 84.0 cm³/mol. The molecule has 0 bridgehead atoms. The Kier molecular flexibility index (Phi) is 5.09. The maximum absolute atomic E-state index is 13.4. The van der Waals surface area contributed by atoms with Crippen LogP contribution in [0.15, 0.2) is 36.4 Å². The van der Waals surface area contributed by atoms with Crippen molar-refractivity contribution in [3.05, 3.63) is 59.2 Å². The molecular formula is C17H18F2N2O. The van der Waals surface area contributed by atoms with E-state index in [1.807, 2.05) is 32.0 Å². The standard InChI is InChI=1S/C17H18F2N2O/c1-11-6-7-13(10-12(11)2)20-9-8-16(22)21-17-14(18)4-3-5-15(17)19/h3-7,10,20H,8-9H2,1-2H3,(H,21,22). The summed E-state index contributed by atoms with van der Waals surface area (Å²) in [7, 11) is 0. The monoisotopic (exact) mass is 304 g/mol. The SMILES string of the molecule is Cc1ccc(NCCC(=O)Nc2c(F)cccc2F)cc1C. The predicted octanol–water partition coefficient (Wildman–Crippen LogP) is 4.02. The summed E-state index contributed by atoms with van der Waals surface area (Å²) in [5.41, 5.74) is 2.85. The highest BCUT2D eigenvalue weighted by Gasteiger charge is 2.11. The Hall–Kier alpha value is -2.43. The number of carbonyl (C=O) groups excluding carboxylic acids is 1. The van der Waals surface area contributed by atoms with Gasteiger partial charge in [-0.3, -0.25) is 4.79 Å². The van der Waals surface area contributed by atoms with Gasteiger partial charge in [0, 0.05) is 18.7 Å². The second kappa shape index (κ2) is 7.02. The van der Waals surface area contributed by atoms with E-state index < -0.39 is 23.2 Å². The number of benzene rings is 2. The number of nitrogens with one attached hydrogen (secondary N) is 2. The van der Waals surface area contributed by atoms with E-state index in [2.05, 4.69) is 10.6 Å². The van der Waals surface area contributed by atoms with E-state index in [0.29, 0.717) is 6.54 Å². The van der Waals surface area contributed by atoms with Crippen LogP contribution in [0.25, 0.3) is 0 Å². The van der Waals surface area contributed by atoms with Crippen LogP contribution in [0.4, 0.5) is 20.2 Å². The molecule has 0 spiro atoms. The normalized spacial score (nSPS) is 10.4. The summed E-state index contributed by atoms with van der Waals surface area (Å²) < 4.78 is 26.8. The van der Waals surface area contributed by atoms with Crippen molar-refractivity contribution in [2.45, 2.75) is 20.3 Å². The number of aryl methyl sites for hydroxylation is 2. The van der Waals surface area contributed by atoms with Gasteiger partial charge in [-0.1, -0.05) is 12.1 Å². The molecule has 0 aliphatic rings. The number of hydrogen-bond acceptors (Lipinski definition) is 2. The second-order valence-electron chi connectivity index (χ2n) is 5.12. The number of rotatable bonds is 5. The first-order chi connectivity index (χ1) is 10.5. The third-order valence-electron chi connectivity index (χ3n) is 3.42. The second-order valence-corrected chi connectivity index (χ2v) is 5.12. The molecule has 2 aromatic carbocycles. The largest absolute Gasteiger partial charge is 0.385 e. The summed E-state index contributed by atoms with van der Waals surface area (Å²) in [6.07, 6.45) is 0.112. The summed E-state index contributed by atoms with van der Waals surface area (Å²) in [6, 6.07) is 9.37. The van der Waals surface area contributed by atoms with Crippen LogP contribution in [0.1, 0.15) is 17.5 Å². The van der Waals surface area contributed by atoms with Crippen LogP contribution in [0.5, 0.6) is 0 Å². The lowest BCUT2D eigenvalue weighted by Crippen LogP contribution is -2.17. The minimum Gasteiger partial charge on any atom is -0.385 e.